The van der Waals surface area contributed by atoms with Crippen LogP contribution in [-0.2, 0) is 0 Å². The average molecular weight is 244 g/mol. The van der Waals surface area contributed by atoms with Gasteiger partial charge in [-0.1, -0.05) is 19.9 Å². The summed E-state index contributed by atoms with van der Waals surface area (Å²) < 4.78 is 0. The molecule has 0 unspecified atom stereocenters. The second-order valence-electron chi connectivity index (χ2n) is 4.73. The molecule has 0 aliphatic carbocycles. The summed E-state index contributed by atoms with van der Waals surface area (Å²) in [5, 5.41) is 10.6. The molecule has 1 N–H and O–H groups in total. The maximum absolute atomic E-state index is 11.8. The van der Waals surface area contributed by atoms with Crippen molar-refractivity contribution in [1.82, 2.24) is 20.5 Å². The highest BCUT2D eigenvalue weighted by atomic mass is 16.2. The van der Waals surface area contributed by atoms with Gasteiger partial charge in [0.05, 0.1) is 5.52 Å². The molecule has 0 atom stereocenters. The Bertz CT molecular complexity index is 580. The molecular formula is C13H16N4O. The van der Waals surface area contributed by atoms with Crippen LogP contribution in [0.5, 0.6) is 0 Å². The number of aryl methyl sites for hydroxylation is 1. The predicted octanol–water partition coefficient (Wildman–Crippen LogP) is 1.72. The zero-order valence-corrected chi connectivity index (χ0v) is 10.8. The van der Waals surface area contributed by atoms with E-state index in [0.29, 0.717) is 23.5 Å². The van der Waals surface area contributed by atoms with Crippen LogP contribution >= 0.6 is 0 Å². The fourth-order valence-corrected chi connectivity index (χ4v) is 1.52. The molecule has 5 nitrogen and oxygen atoms in total. The number of fused-ring (bicyclic) bond motifs is 1. The van der Waals surface area contributed by atoms with Crippen molar-refractivity contribution in [2.75, 3.05) is 6.54 Å². The topological polar surface area (TPSA) is 67.8 Å². The smallest absolute Gasteiger partial charge is 0.291 e. The summed E-state index contributed by atoms with van der Waals surface area (Å²) in [6.45, 7) is 6.64. The molecule has 0 bridgehead atoms. The minimum atomic E-state index is -0.278. The summed E-state index contributed by atoms with van der Waals surface area (Å²) in [7, 11) is 0. The highest BCUT2D eigenvalue weighted by molar-refractivity contribution is 5.91. The molecule has 1 aromatic carbocycles. The Morgan fingerprint density at radius 1 is 1.28 bits per heavy atom. The van der Waals surface area contributed by atoms with Crippen molar-refractivity contribution in [1.29, 1.82) is 0 Å². The molecule has 5 heteroatoms. The van der Waals surface area contributed by atoms with E-state index in [0.717, 1.165) is 5.56 Å². The molecule has 2 rings (SSSR count). The van der Waals surface area contributed by atoms with E-state index in [9.17, 15) is 4.79 Å². The van der Waals surface area contributed by atoms with Crippen LogP contribution in [0.15, 0.2) is 18.2 Å². The third kappa shape index (κ3) is 2.80. The first kappa shape index (κ1) is 12.4. The van der Waals surface area contributed by atoms with Gasteiger partial charge < -0.3 is 5.32 Å². The Kier molecular flexibility index (Phi) is 3.50. The van der Waals surface area contributed by atoms with Crippen molar-refractivity contribution < 1.29 is 4.79 Å². The Labute approximate surface area is 106 Å². The maximum Gasteiger partial charge on any atom is 0.291 e. The zero-order chi connectivity index (χ0) is 13.1. The van der Waals surface area contributed by atoms with Crippen LogP contribution in [0.25, 0.3) is 11.0 Å². The number of carbonyl (C=O) groups is 1. The highest BCUT2D eigenvalue weighted by Crippen LogP contribution is 2.10. The van der Waals surface area contributed by atoms with Crippen molar-refractivity contribution in [3.05, 3.63) is 29.6 Å². The SMILES string of the molecule is Cc1ccc2nnc(C(=O)NCC(C)C)nc2c1. The first-order chi connectivity index (χ1) is 8.56. The molecule has 1 amide bonds. The monoisotopic (exact) mass is 244 g/mol. The van der Waals surface area contributed by atoms with Gasteiger partial charge in [0.25, 0.3) is 5.91 Å². The zero-order valence-electron chi connectivity index (χ0n) is 10.8. The lowest BCUT2D eigenvalue weighted by molar-refractivity contribution is 0.0938. The summed E-state index contributed by atoms with van der Waals surface area (Å²) >= 11 is 0. The van der Waals surface area contributed by atoms with Crippen molar-refractivity contribution in [2.45, 2.75) is 20.8 Å². The van der Waals surface area contributed by atoms with Crippen LogP contribution in [0.4, 0.5) is 0 Å². The number of carbonyl (C=O) groups excluding carboxylic acids is 1. The molecule has 0 saturated carbocycles. The molecule has 0 saturated heterocycles. The normalized spacial score (nSPS) is 10.9. The van der Waals surface area contributed by atoms with E-state index in [4.69, 9.17) is 0 Å². The summed E-state index contributed by atoms with van der Waals surface area (Å²) in [4.78, 5) is 16.0. The second-order valence-corrected chi connectivity index (χ2v) is 4.73. The van der Waals surface area contributed by atoms with Crippen LogP contribution in [0, 0.1) is 12.8 Å². The number of benzene rings is 1. The van der Waals surface area contributed by atoms with Gasteiger partial charge in [-0.25, -0.2) is 4.98 Å². The van der Waals surface area contributed by atoms with E-state index >= 15 is 0 Å². The number of nitrogens with one attached hydrogen (secondary N) is 1. The largest absolute Gasteiger partial charge is 0.349 e. The molecular weight excluding hydrogens is 228 g/mol. The van der Waals surface area contributed by atoms with Gasteiger partial charge in [-0.15, -0.1) is 10.2 Å². The van der Waals surface area contributed by atoms with Crippen molar-refractivity contribution >= 4 is 16.9 Å². The Morgan fingerprint density at radius 2 is 2.06 bits per heavy atom. The van der Waals surface area contributed by atoms with Gasteiger partial charge in [-0.05, 0) is 30.5 Å². The van der Waals surface area contributed by atoms with Crippen LogP contribution in [0.1, 0.15) is 30.0 Å². The summed E-state index contributed by atoms with van der Waals surface area (Å²) in [5.74, 6) is 0.234. The minimum absolute atomic E-state index is 0.119. The molecule has 18 heavy (non-hydrogen) atoms. The van der Waals surface area contributed by atoms with Crippen molar-refractivity contribution in [2.24, 2.45) is 5.92 Å². The first-order valence-corrected chi connectivity index (χ1v) is 5.95. The number of nitrogens with zero attached hydrogens (tertiary/aromatic N) is 3. The molecule has 0 aliphatic rings. The van der Waals surface area contributed by atoms with E-state index in [1.165, 1.54) is 0 Å². The van der Waals surface area contributed by atoms with Gasteiger partial charge in [0.2, 0.25) is 5.82 Å². The fraction of sp³-hybridized carbons (Fsp3) is 0.385. The number of hydrogen-bond acceptors (Lipinski definition) is 4. The Balaban J connectivity index is 2.26. The summed E-state index contributed by atoms with van der Waals surface area (Å²) in [6.07, 6.45) is 0. The van der Waals surface area contributed by atoms with E-state index in [2.05, 4.69) is 20.5 Å². The number of aromatic nitrogens is 3. The third-order valence-electron chi connectivity index (χ3n) is 2.48. The molecule has 0 aliphatic heterocycles. The predicted molar refractivity (Wildman–Crippen MR) is 69.2 cm³/mol. The third-order valence-corrected chi connectivity index (χ3v) is 2.48. The molecule has 1 aromatic heterocycles. The number of amides is 1. The van der Waals surface area contributed by atoms with Gasteiger partial charge in [0.1, 0.15) is 5.52 Å². The summed E-state index contributed by atoms with van der Waals surface area (Å²) in [5.41, 5.74) is 2.47. The second kappa shape index (κ2) is 5.08. The molecule has 94 valence electrons. The standard InChI is InChI=1S/C13H16N4O/c1-8(2)7-14-13(18)12-15-11-6-9(3)4-5-10(11)16-17-12/h4-6,8H,7H2,1-3H3,(H,14,18). The molecule has 1 heterocycles. The molecule has 0 spiro atoms. The van der Waals surface area contributed by atoms with Gasteiger partial charge in [-0.3, -0.25) is 4.79 Å². The van der Waals surface area contributed by atoms with Gasteiger partial charge in [0.15, 0.2) is 0 Å². The van der Waals surface area contributed by atoms with E-state index in [-0.39, 0.29) is 11.7 Å². The lowest BCUT2D eigenvalue weighted by atomic mass is 10.2. The van der Waals surface area contributed by atoms with Crippen LogP contribution in [0.2, 0.25) is 0 Å². The quantitative estimate of drug-likeness (QED) is 0.892. The van der Waals surface area contributed by atoms with E-state index in [1.807, 2.05) is 39.0 Å². The lowest BCUT2D eigenvalue weighted by Gasteiger charge is -2.06. The Hall–Kier alpha value is -2.04. The van der Waals surface area contributed by atoms with E-state index in [1.54, 1.807) is 0 Å². The average Bonchev–Trinajstić information content (AvgIpc) is 2.34. The van der Waals surface area contributed by atoms with Gasteiger partial charge >= 0.3 is 0 Å². The van der Waals surface area contributed by atoms with Gasteiger partial charge in [-0.2, -0.15) is 0 Å². The van der Waals surface area contributed by atoms with Gasteiger partial charge in [0, 0.05) is 6.54 Å². The van der Waals surface area contributed by atoms with Crippen molar-refractivity contribution in [3.8, 4) is 0 Å². The molecule has 0 fully saturated rings. The van der Waals surface area contributed by atoms with Crippen LogP contribution in [-0.4, -0.2) is 27.6 Å². The molecule has 2 aromatic rings. The maximum atomic E-state index is 11.8. The molecule has 0 radical (unpaired) electrons. The highest BCUT2D eigenvalue weighted by Gasteiger charge is 2.11. The van der Waals surface area contributed by atoms with Crippen molar-refractivity contribution in [3.63, 3.8) is 0 Å². The fourth-order valence-electron chi connectivity index (χ4n) is 1.52. The number of rotatable bonds is 3. The minimum Gasteiger partial charge on any atom is -0.349 e. The van der Waals surface area contributed by atoms with Crippen LogP contribution in [0.3, 0.4) is 0 Å². The Morgan fingerprint density at radius 3 is 2.78 bits per heavy atom. The first-order valence-electron chi connectivity index (χ1n) is 5.95. The summed E-state index contributed by atoms with van der Waals surface area (Å²) in [6, 6.07) is 5.68. The lowest BCUT2D eigenvalue weighted by Crippen LogP contribution is -2.29. The number of hydrogen-bond donors (Lipinski definition) is 1. The van der Waals surface area contributed by atoms with E-state index < -0.39 is 0 Å². The van der Waals surface area contributed by atoms with Crippen LogP contribution < -0.4 is 5.32 Å².